The number of amides is 1. The van der Waals surface area contributed by atoms with Crippen LogP contribution < -0.4 is 10.9 Å². The van der Waals surface area contributed by atoms with Crippen molar-refractivity contribution in [2.45, 2.75) is 13.1 Å². The number of nitro benzene ring substituents is 1. The van der Waals surface area contributed by atoms with E-state index in [1.54, 1.807) is 6.07 Å². The molecule has 2 aromatic heterocycles. The quantitative estimate of drug-likeness (QED) is 0.337. The van der Waals surface area contributed by atoms with Gasteiger partial charge in [0, 0.05) is 18.7 Å². The number of aromatic nitrogens is 4. The summed E-state index contributed by atoms with van der Waals surface area (Å²) in [4.78, 5) is 39.5. The number of halogens is 2. The number of nitrogens with one attached hydrogen (secondary N) is 1. The maximum absolute atomic E-state index is 13.7. The van der Waals surface area contributed by atoms with E-state index in [-0.39, 0.29) is 36.4 Å². The van der Waals surface area contributed by atoms with Crippen LogP contribution in [0.3, 0.4) is 0 Å². The third-order valence-electron chi connectivity index (χ3n) is 4.90. The Morgan fingerprint density at radius 1 is 1.15 bits per heavy atom. The van der Waals surface area contributed by atoms with E-state index in [1.807, 2.05) is 0 Å². The summed E-state index contributed by atoms with van der Waals surface area (Å²) in [5.74, 6) is -2.85. The minimum atomic E-state index is -0.969. The first-order chi connectivity index (χ1) is 15.8. The zero-order valence-electron chi connectivity index (χ0n) is 16.9. The summed E-state index contributed by atoms with van der Waals surface area (Å²) < 4.78 is 30.1. The number of benzene rings is 2. The third kappa shape index (κ3) is 4.44. The molecule has 0 bridgehead atoms. The number of hydrogen-bond donors (Lipinski definition) is 1. The molecule has 0 atom stereocenters. The van der Waals surface area contributed by atoms with Crippen molar-refractivity contribution in [3.05, 3.63) is 98.2 Å². The number of rotatable bonds is 7. The molecule has 0 aliphatic rings. The monoisotopic (exact) mass is 454 g/mol. The van der Waals surface area contributed by atoms with E-state index < -0.39 is 33.6 Å². The number of fused-ring (bicyclic) bond motifs is 1. The second-order valence-corrected chi connectivity index (χ2v) is 7.06. The van der Waals surface area contributed by atoms with E-state index in [2.05, 4.69) is 15.4 Å². The highest BCUT2D eigenvalue weighted by molar-refractivity contribution is 5.94. The Bertz CT molecular complexity index is 1410. The van der Waals surface area contributed by atoms with Crippen molar-refractivity contribution >= 4 is 22.6 Å². The van der Waals surface area contributed by atoms with Crippen LogP contribution in [0.2, 0.25) is 0 Å². The summed E-state index contributed by atoms with van der Waals surface area (Å²) in [6.07, 6.45) is 2.63. The van der Waals surface area contributed by atoms with Crippen LogP contribution in [0, 0.1) is 21.7 Å². The fourth-order valence-electron chi connectivity index (χ4n) is 3.32. The predicted octanol–water partition coefficient (Wildman–Crippen LogP) is 2.26. The van der Waals surface area contributed by atoms with Gasteiger partial charge in [-0.25, -0.2) is 18.4 Å². The van der Waals surface area contributed by atoms with Crippen molar-refractivity contribution < 1.29 is 18.5 Å². The molecule has 0 saturated carbocycles. The summed E-state index contributed by atoms with van der Waals surface area (Å²) in [5.41, 5.74) is -0.329. The van der Waals surface area contributed by atoms with Crippen LogP contribution in [0.4, 0.5) is 14.5 Å². The minimum absolute atomic E-state index is 0.0121. The molecule has 0 aliphatic heterocycles. The lowest BCUT2D eigenvalue weighted by molar-refractivity contribution is -0.384. The topological polar surface area (TPSA) is 125 Å². The molecule has 10 nitrogen and oxygen atoms in total. The van der Waals surface area contributed by atoms with Crippen LogP contribution in [-0.2, 0) is 13.1 Å². The molecule has 0 radical (unpaired) electrons. The first-order valence-electron chi connectivity index (χ1n) is 9.71. The molecule has 0 unspecified atom stereocenters. The molecule has 1 N–H and O–H groups in total. The fraction of sp³-hybridized carbons (Fsp3) is 0.143. The number of non-ortho nitro benzene ring substituents is 1. The molecular formula is C21H16F2N6O4. The first kappa shape index (κ1) is 21.7. The smallest absolute Gasteiger partial charge is 0.269 e. The Morgan fingerprint density at radius 3 is 2.61 bits per heavy atom. The molecule has 1 amide bonds. The third-order valence-corrected chi connectivity index (χ3v) is 4.90. The SMILES string of the molecule is O=C(NCCn1ncc2c(=O)n(Cc3cccc([N+](=O)[O-])c3)cnc21)c1c(F)cccc1F. The van der Waals surface area contributed by atoms with Gasteiger partial charge < -0.3 is 5.32 Å². The molecule has 2 aromatic carbocycles. The summed E-state index contributed by atoms with van der Waals surface area (Å²) in [6.45, 7) is 0.174. The van der Waals surface area contributed by atoms with Gasteiger partial charge in [0.05, 0.1) is 24.2 Å². The lowest BCUT2D eigenvalue weighted by atomic mass is 10.2. The molecule has 4 aromatic rings. The van der Waals surface area contributed by atoms with Gasteiger partial charge >= 0.3 is 0 Å². The fourth-order valence-corrected chi connectivity index (χ4v) is 3.32. The van der Waals surface area contributed by atoms with Crippen LogP contribution in [0.1, 0.15) is 15.9 Å². The number of hydrogen-bond acceptors (Lipinski definition) is 6. The Labute approximate surface area is 184 Å². The van der Waals surface area contributed by atoms with Gasteiger partial charge in [-0.3, -0.25) is 24.3 Å². The van der Waals surface area contributed by atoms with Gasteiger partial charge in [-0.05, 0) is 17.7 Å². The molecule has 0 saturated heterocycles. The van der Waals surface area contributed by atoms with E-state index >= 15 is 0 Å². The van der Waals surface area contributed by atoms with Crippen LogP contribution in [0.15, 0.2) is 59.8 Å². The van der Waals surface area contributed by atoms with E-state index in [0.29, 0.717) is 5.56 Å². The maximum Gasteiger partial charge on any atom is 0.269 e. The van der Waals surface area contributed by atoms with Crippen molar-refractivity contribution in [3.8, 4) is 0 Å². The molecule has 168 valence electrons. The van der Waals surface area contributed by atoms with Crippen molar-refractivity contribution in [3.63, 3.8) is 0 Å². The lowest BCUT2D eigenvalue weighted by Gasteiger charge is -2.08. The molecule has 2 heterocycles. The molecule has 33 heavy (non-hydrogen) atoms. The summed E-state index contributed by atoms with van der Waals surface area (Å²) >= 11 is 0. The molecular weight excluding hydrogens is 438 g/mol. The van der Waals surface area contributed by atoms with E-state index in [4.69, 9.17) is 0 Å². The molecule has 0 aliphatic carbocycles. The highest BCUT2D eigenvalue weighted by Crippen LogP contribution is 2.14. The molecule has 0 fully saturated rings. The zero-order chi connectivity index (χ0) is 23.5. The molecule has 0 spiro atoms. The summed E-state index contributed by atoms with van der Waals surface area (Å²) in [5, 5.41) is 17.7. The number of nitrogens with zero attached hydrogens (tertiary/aromatic N) is 5. The number of carbonyl (C=O) groups excluding carboxylic acids is 1. The first-order valence-corrected chi connectivity index (χ1v) is 9.71. The molecule has 4 rings (SSSR count). The highest BCUT2D eigenvalue weighted by Gasteiger charge is 2.17. The average molecular weight is 454 g/mol. The van der Waals surface area contributed by atoms with Gasteiger partial charge in [-0.1, -0.05) is 18.2 Å². The molecule has 12 heteroatoms. The minimum Gasteiger partial charge on any atom is -0.350 e. The zero-order valence-corrected chi connectivity index (χ0v) is 16.9. The number of carbonyl (C=O) groups is 1. The van der Waals surface area contributed by atoms with Crippen LogP contribution in [0.5, 0.6) is 0 Å². The van der Waals surface area contributed by atoms with Gasteiger partial charge in [-0.2, -0.15) is 5.10 Å². The van der Waals surface area contributed by atoms with Gasteiger partial charge in [0.2, 0.25) is 0 Å². The van der Waals surface area contributed by atoms with Crippen LogP contribution in [0.25, 0.3) is 11.0 Å². The summed E-state index contributed by atoms with van der Waals surface area (Å²) in [6, 6.07) is 9.06. The number of nitro groups is 1. The Kier molecular flexibility index (Phi) is 5.89. The average Bonchev–Trinajstić information content (AvgIpc) is 3.19. The standard InChI is InChI=1S/C21H16F2N6O4/c22-16-5-2-6-17(23)18(16)20(30)24-7-8-28-19-15(10-26-28)21(31)27(12-25-19)11-13-3-1-4-14(9-13)29(32)33/h1-6,9-10,12H,7-8,11H2,(H,24,30). The van der Waals surface area contributed by atoms with Gasteiger partial charge in [0.1, 0.15) is 28.9 Å². The lowest BCUT2D eigenvalue weighted by Crippen LogP contribution is -2.29. The van der Waals surface area contributed by atoms with E-state index in [0.717, 1.165) is 18.2 Å². The van der Waals surface area contributed by atoms with Crippen molar-refractivity contribution in [1.29, 1.82) is 0 Å². The normalized spacial score (nSPS) is 11.0. The Hall–Kier alpha value is -4.48. The van der Waals surface area contributed by atoms with Crippen molar-refractivity contribution in [2.24, 2.45) is 0 Å². The largest absolute Gasteiger partial charge is 0.350 e. The van der Waals surface area contributed by atoms with Gasteiger partial charge in [-0.15, -0.1) is 0 Å². The second-order valence-electron chi connectivity index (χ2n) is 7.06. The Balaban J connectivity index is 1.48. The van der Waals surface area contributed by atoms with Crippen molar-refractivity contribution in [1.82, 2.24) is 24.6 Å². The highest BCUT2D eigenvalue weighted by atomic mass is 19.1. The maximum atomic E-state index is 13.7. The van der Waals surface area contributed by atoms with E-state index in [1.165, 1.54) is 40.0 Å². The van der Waals surface area contributed by atoms with Crippen LogP contribution >= 0.6 is 0 Å². The predicted molar refractivity (Wildman–Crippen MR) is 113 cm³/mol. The Morgan fingerprint density at radius 2 is 1.88 bits per heavy atom. The van der Waals surface area contributed by atoms with Crippen LogP contribution in [-0.4, -0.2) is 36.7 Å². The van der Waals surface area contributed by atoms with Gasteiger partial charge in [0.25, 0.3) is 17.2 Å². The van der Waals surface area contributed by atoms with E-state index in [9.17, 15) is 28.5 Å². The van der Waals surface area contributed by atoms with Crippen molar-refractivity contribution in [2.75, 3.05) is 6.54 Å². The second kappa shape index (κ2) is 8.94. The van der Waals surface area contributed by atoms with Gasteiger partial charge in [0.15, 0.2) is 5.65 Å². The summed E-state index contributed by atoms with van der Waals surface area (Å²) in [7, 11) is 0.